The molecule has 0 saturated carbocycles. The lowest BCUT2D eigenvalue weighted by Gasteiger charge is -2.16. The van der Waals surface area contributed by atoms with Crippen molar-refractivity contribution >= 4 is 24.1 Å². The van der Waals surface area contributed by atoms with Crippen LogP contribution in [0.3, 0.4) is 0 Å². The van der Waals surface area contributed by atoms with Crippen molar-refractivity contribution in [2.24, 2.45) is 0 Å². The van der Waals surface area contributed by atoms with Gasteiger partial charge in [0, 0.05) is 38.5 Å². The summed E-state index contributed by atoms with van der Waals surface area (Å²) in [5.41, 5.74) is 1.90. The van der Waals surface area contributed by atoms with Crippen LogP contribution in [0.4, 0.5) is 0 Å². The molecule has 118 valence electrons. The van der Waals surface area contributed by atoms with E-state index in [2.05, 4.69) is 12.2 Å². The van der Waals surface area contributed by atoms with Crippen LogP contribution in [-0.4, -0.2) is 43.8 Å². The van der Waals surface area contributed by atoms with Gasteiger partial charge in [-0.25, -0.2) is 0 Å². The Labute approximate surface area is 133 Å². The molecule has 1 N–H and O–H groups in total. The fourth-order valence-electron chi connectivity index (χ4n) is 1.89. The molecule has 0 heterocycles. The van der Waals surface area contributed by atoms with Crippen LogP contribution in [0.2, 0.25) is 0 Å². The van der Waals surface area contributed by atoms with Crippen LogP contribution in [0.1, 0.15) is 35.7 Å². The van der Waals surface area contributed by atoms with E-state index in [9.17, 15) is 9.59 Å². The molecule has 21 heavy (non-hydrogen) atoms. The Kier molecular flexibility index (Phi) is 9.67. The summed E-state index contributed by atoms with van der Waals surface area (Å²) in [6.07, 6.45) is 1.51. The van der Waals surface area contributed by atoms with Crippen molar-refractivity contribution in [2.45, 2.75) is 26.2 Å². The molecule has 0 aliphatic rings. The van der Waals surface area contributed by atoms with Gasteiger partial charge < -0.3 is 10.2 Å². The van der Waals surface area contributed by atoms with Crippen LogP contribution in [-0.2, 0) is 11.2 Å². The summed E-state index contributed by atoms with van der Waals surface area (Å²) in [6.45, 7) is 3.50. The smallest absolute Gasteiger partial charge is 0.222 e. The molecule has 0 atom stereocenters. The summed E-state index contributed by atoms with van der Waals surface area (Å²) in [5, 5.41) is 2.99. The number of benzene rings is 1. The summed E-state index contributed by atoms with van der Waals surface area (Å²) >= 11 is 0. The summed E-state index contributed by atoms with van der Waals surface area (Å²) in [5.74, 6) is 0.0433. The molecule has 1 aromatic carbocycles. The third kappa shape index (κ3) is 6.74. The van der Waals surface area contributed by atoms with Gasteiger partial charge in [-0.1, -0.05) is 31.2 Å². The highest BCUT2D eigenvalue weighted by Gasteiger charge is 2.12. The second-order valence-corrected chi connectivity index (χ2v) is 4.89. The topological polar surface area (TPSA) is 49.4 Å². The van der Waals surface area contributed by atoms with Gasteiger partial charge >= 0.3 is 0 Å². The van der Waals surface area contributed by atoms with E-state index in [1.165, 1.54) is 5.56 Å². The number of nitrogens with zero attached hydrogens (tertiary/aromatic N) is 1. The zero-order valence-electron chi connectivity index (χ0n) is 13.0. The molecule has 0 spiro atoms. The number of nitrogens with one attached hydrogen (secondary N) is 1. The average molecular weight is 313 g/mol. The number of hydrogen-bond donors (Lipinski definition) is 1. The van der Waals surface area contributed by atoms with E-state index >= 15 is 0 Å². The molecule has 0 unspecified atom stereocenters. The molecule has 4 nitrogen and oxygen atoms in total. The second kappa shape index (κ2) is 10.4. The van der Waals surface area contributed by atoms with Gasteiger partial charge in [0.1, 0.15) is 0 Å². The highest BCUT2D eigenvalue weighted by atomic mass is 35.5. The molecular formula is C16H25ClN2O2. The fourth-order valence-corrected chi connectivity index (χ4v) is 1.89. The molecule has 1 aromatic rings. The van der Waals surface area contributed by atoms with Gasteiger partial charge in [-0.3, -0.25) is 9.59 Å². The largest absolute Gasteiger partial charge is 0.344 e. The number of rotatable bonds is 8. The van der Waals surface area contributed by atoms with Crippen molar-refractivity contribution in [3.63, 3.8) is 0 Å². The monoisotopic (exact) mass is 312 g/mol. The van der Waals surface area contributed by atoms with E-state index in [0.717, 1.165) is 13.0 Å². The number of aryl methyl sites for hydroxylation is 1. The maximum Gasteiger partial charge on any atom is 0.222 e. The van der Waals surface area contributed by atoms with Crippen molar-refractivity contribution in [1.82, 2.24) is 10.2 Å². The van der Waals surface area contributed by atoms with Crippen LogP contribution in [0.5, 0.6) is 0 Å². The molecule has 0 bridgehead atoms. The van der Waals surface area contributed by atoms with Gasteiger partial charge in [-0.05, 0) is 19.0 Å². The van der Waals surface area contributed by atoms with E-state index in [1.807, 2.05) is 31.3 Å². The summed E-state index contributed by atoms with van der Waals surface area (Å²) in [6, 6.07) is 7.62. The zero-order chi connectivity index (χ0) is 15.0. The average Bonchev–Trinajstić information content (AvgIpc) is 2.49. The third-order valence-electron chi connectivity index (χ3n) is 3.37. The Bertz CT molecular complexity index is 446. The van der Waals surface area contributed by atoms with Crippen LogP contribution in [0, 0.1) is 0 Å². The van der Waals surface area contributed by atoms with Crippen molar-refractivity contribution < 1.29 is 9.59 Å². The Hall–Kier alpha value is -1.39. The lowest BCUT2D eigenvalue weighted by atomic mass is 10.0. The Balaban J connectivity index is 0.00000400. The number of carbonyl (C=O) groups is 2. The quantitative estimate of drug-likeness (QED) is 0.749. The maximum atomic E-state index is 12.0. The predicted molar refractivity (Wildman–Crippen MR) is 88.2 cm³/mol. The number of ketones is 1. The van der Waals surface area contributed by atoms with Crippen molar-refractivity contribution in [3.8, 4) is 0 Å². The fraction of sp³-hybridized carbons (Fsp3) is 0.500. The molecule has 0 aliphatic carbocycles. The molecule has 0 fully saturated rings. The van der Waals surface area contributed by atoms with Crippen molar-refractivity contribution in [1.29, 1.82) is 0 Å². The Morgan fingerprint density at radius 1 is 1.14 bits per heavy atom. The number of halogens is 1. The number of carbonyl (C=O) groups excluding carboxylic acids is 2. The van der Waals surface area contributed by atoms with E-state index in [-0.39, 0.29) is 36.9 Å². The summed E-state index contributed by atoms with van der Waals surface area (Å²) in [4.78, 5) is 25.5. The summed E-state index contributed by atoms with van der Waals surface area (Å²) in [7, 11) is 3.61. The van der Waals surface area contributed by atoms with E-state index in [4.69, 9.17) is 0 Å². The molecule has 0 aliphatic heterocycles. The minimum absolute atomic E-state index is 0. The number of Topliss-reactive ketones (excluding diaryl/α,β-unsaturated/α-hetero) is 1. The minimum atomic E-state index is 0. The zero-order valence-corrected chi connectivity index (χ0v) is 13.8. The molecule has 1 rings (SSSR count). The second-order valence-electron chi connectivity index (χ2n) is 4.89. The molecular weight excluding hydrogens is 288 g/mol. The summed E-state index contributed by atoms with van der Waals surface area (Å²) < 4.78 is 0. The molecule has 1 amide bonds. The van der Waals surface area contributed by atoms with Gasteiger partial charge in [-0.2, -0.15) is 0 Å². The first kappa shape index (κ1) is 19.6. The standard InChI is InChI=1S/C16H24N2O2.ClH/c1-4-13-5-7-14(8-6-13)15(19)9-10-16(20)18(3)12-11-17-2;/h5-8,17H,4,9-12H2,1-3H3;1H. The first-order valence-corrected chi connectivity index (χ1v) is 7.09. The molecule has 0 aromatic heterocycles. The minimum Gasteiger partial charge on any atom is -0.344 e. The van der Waals surface area contributed by atoms with Crippen LogP contribution < -0.4 is 5.32 Å². The number of amides is 1. The lowest BCUT2D eigenvalue weighted by molar-refractivity contribution is -0.129. The van der Waals surface area contributed by atoms with Crippen molar-refractivity contribution in [3.05, 3.63) is 35.4 Å². The molecule has 0 saturated heterocycles. The Morgan fingerprint density at radius 3 is 2.29 bits per heavy atom. The van der Waals surface area contributed by atoms with Gasteiger partial charge in [0.15, 0.2) is 5.78 Å². The predicted octanol–water partition coefficient (Wildman–Crippen LogP) is 2.31. The highest BCUT2D eigenvalue weighted by molar-refractivity contribution is 5.97. The third-order valence-corrected chi connectivity index (χ3v) is 3.37. The highest BCUT2D eigenvalue weighted by Crippen LogP contribution is 2.09. The first-order valence-electron chi connectivity index (χ1n) is 7.09. The SMILES string of the molecule is CCc1ccc(C(=O)CCC(=O)N(C)CCNC)cc1.Cl. The Morgan fingerprint density at radius 2 is 1.76 bits per heavy atom. The first-order chi connectivity index (χ1) is 9.58. The van der Waals surface area contributed by atoms with Crippen LogP contribution in [0.15, 0.2) is 24.3 Å². The maximum absolute atomic E-state index is 12.0. The van der Waals surface area contributed by atoms with Gasteiger partial charge in [0.2, 0.25) is 5.91 Å². The molecule has 0 radical (unpaired) electrons. The normalized spacial score (nSPS) is 9.86. The van der Waals surface area contributed by atoms with Gasteiger partial charge in [0.05, 0.1) is 0 Å². The van der Waals surface area contributed by atoms with Gasteiger partial charge in [-0.15, -0.1) is 12.4 Å². The van der Waals surface area contributed by atoms with Gasteiger partial charge in [0.25, 0.3) is 0 Å². The molecule has 5 heteroatoms. The van der Waals surface area contributed by atoms with E-state index < -0.39 is 0 Å². The van der Waals surface area contributed by atoms with Crippen LogP contribution in [0.25, 0.3) is 0 Å². The van der Waals surface area contributed by atoms with E-state index in [0.29, 0.717) is 12.1 Å². The van der Waals surface area contributed by atoms with E-state index in [1.54, 1.807) is 11.9 Å². The van der Waals surface area contributed by atoms with Crippen LogP contribution >= 0.6 is 12.4 Å². The number of hydrogen-bond acceptors (Lipinski definition) is 3. The number of likely N-dealkylation sites (N-methyl/N-ethyl adjacent to an activating group) is 2. The lowest BCUT2D eigenvalue weighted by Crippen LogP contribution is -2.32. The van der Waals surface area contributed by atoms with Crippen molar-refractivity contribution in [2.75, 3.05) is 27.2 Å².